The first kappa shape index (κ1) is 14.5. The number of nitrogens with one attached hydrogen (secondary N) is 1. The normalized spacial score (nSPS) is 11.9. The van der Waals surface area contributed by atoms with Gasteiger partial charge in [0.15, 0.2) is 0 Å². The van der Waals surface area contributed by atoms with E-state index in [4.69, 9.17) is 11.6 Å². The second-order valence-electron chi connectivity index (χ2n) is 4.74. The highest BCUT2D eigenvalue weighted by molar-refractivity contribution is 6.30. The van der Waals surface area contributed by atoms with Crippen LogP contribution in [0.5, 0.6) is 0 Å². The van der Waals surface area contributed by atoms with E-state index < -0.39 is 0 Å². The zero-order valence-electron chi connectivity index (χ0n) is 11.4. The standard InChI is InChI=1S/C15H16ClN3O/c1-10-4-3-5-14(18-10)6-11(2)19-15(20)12-7-13(16)9-17-8-12/h3-5,7-9,11H,6H2,1-2H3,(H,19,20). The second-order valence-corrected chi connectivity index (χ2v) is 5.18. The molecule has 0 aliphatic carbocycles. The molecule has 0 aliphatic rings. The molecule has 0 saturated heterocycles. The first-order valence-electron chi connectivity index (χ1n) is 6.38. The third kappa shape index (κ3) is 4.03. The molecule has 1 N–H and O–H groups in total. The lowest BCUT2D eigenvalue weighted by molar-refractivity contribution is 0.0939. The zero-order valence-corrected chi connectivity index (χ0v) is 12.2. The second kappa shape index (κ2) is 6.48. The molecule has 1 amide bonds. The van der Waals surface area contributed by atoms with Crippen molar-refractivity contribution in [3.05, 3.63) is 58.6 Å². The first-order chi connectivity index (χ1) is 9.54. The number of halogens is 1. The average molecular weight is 290 g/mol. The Bertz CT molecular complexity index is 616. The highest BCUT2D eigenvalue weighted by atomic mass is 35.5. The van der Waals surface area contributed by atoms with Crippen molar-refractivity contribution in [3.8, 4) is 0 Å². The Labute approximate surface area is 123 Å². The van der Waals surface area contributed by atoms with Crippen LogP contribution in [-0.4, -0.2) is 21.9 Å². The highest BCUT2D eigenvalue weighted by Gasteiger charge is 2.11. The van der Waals surface area contributed by atoms with Gasteiger partial charge in [-0.15, -0.1) is 0 Å². The van der Waals surface area contributed by atoms with E-state index >= 15 is 0 Å². The molecule has 0 saturated carbocycles. The maximum atomic E-state index is 12.0. The topological polar surface area (TPSA) is 54.9 Å². The summed E-state index contributed by atoms with van der Waals surface area (Å²) in [5, 5.41) is 3.36. The van der Waals surface area contributed by atoms with Gasteiger partial charge < -0.3 is 5.32 Å². The van der Waals surface area contributed by atoms with Crippen molar-refractivity contribution >= 4 is 17.5 Å². The van der Waals surface area contributed by atoms with E-state index in [2.05, 4.69) is 15.3 Å². The van der Waals surface area contributed by atoms with Crippen LogP contribution >= 0.6 is 11.6 Å². The van der Waals surface area contributed by atoms with E-state index in [1.807, 2.05) is 32.0 Å². The van der Waals surface area contributed by atoms with Crippen molar-refractivity contribution in [2.45, 2.75) is 26.3 Å². The number of carbonyl (C=O) groups is 1. The Kier molecular flexibility index (Phi) is 4.69. The lowest BCUT2D eigenvalue weighted by atomic mass is 10.1. The van der Waals surface area contributed by atoms with Gasteiger partial charge in [0.2, 0.25) is 0 Å². The maximum Gasteiger partial charge on any atom is 0.253 e. The van der Waals surface area contributed by atoms with Crippen molar-refractivity contribution in [1.29, 1.82) is 0 Å². The molecule has 4 nitrogen and oxygen atoms in total. The summed E-state index contributed by atoms with van der Waals surface area (Å²) in [6.45, 7) is 3.89. The number of amides is 1. The van der Waals surface area contributed by atoms with Crippen LogP contribution in [0.3, 0.4) is 0 Å². The molecule has 2 heterocycles. The minimum absolute atomic E-state index is 0.0178. The monoisotopic (exact) mass is 289 g/mol. The molecule has 0 bridgehead atoms. The molecule has 5 heteroatoms. The van der Waals surface area contributed by atoms with Crippen LogP contribution in [0.15, 0.2) is 36.7 Å². The van der Waals surface area contributed by atoms with Gasteiger partial charge in [-0.2, -0.15) is 0 Å². The van der Waals surface area contributed by atoms with Gasteiger partial charge in [-0.1, -0.05) is 17.7 Å². The molecule has 0 fully saturated rings. The van der Waals surface area contributed by atoms with E-state index in [-0.39, 0.29) is 11.9 Å². The molecular formula is C15H16ClN3O. The van der Waals surface area contributed by atoms with Crippen LogP contribution < -0.4 is 5.32 Å². The summed E-state index contributed by atoms with van der Waals surface area (Å²) in [7, 11) is 0. The van der Waals surface area contributed by atoms with E-state index in [0.29, 0.717) is 17.0 Å². The SMILES string of the molecule is Cc1cccc(CC(C)NC(=O)c2cncc(Cl)c2)n1. The lowest BCUT2D eigenvalue weighted by Gasteiger charge is -2.13. The molecule has 2 aromatic rings. The van der Waals surface area contributed by atoms with Gasteiger partial charge in [0.05, 0.1) is 10.6 Å². The van der Waals surface area contributed by atoms with Gasteiger partial charge in [0.1, 0.15) is 0 Å². The van der Waals surface area contributed by atoms with Crippen LogP contribution in [0.2, 0.25) is 5.02 Å². The Morgan fingerprint density at radius 3 is 2.90 bits per heavy atom. The number of carbonyl (C=O) groups excluding carboxylic acids is 1. The third-order valence-electron chi connectivity index (χ3n) is 2.81. The smallest absolute Gasteiger partial charge is 0.253 e. The fourth-order valence-corrected chi connectivity index (χ4v) is 2.09. The molecule has 2 rings (SSSR count). The lowest BCUT2D eigenvalue weighted by Crippen LogP contribution is -2.34. The van der Waals surface area contributed by atoms with Crippen LogP contribution in [0, 0.1) is 6.92 Å². The van der Waals surface area contributed by atoms with E-state index in [1.54, 1.807) is 6.07 Å². The summed E-state index contributed by atoms with van der Waals surface area (Å²) >= 11 is 5.82. The molecule has 20 heavy (non-hydrogen) atoms. The van der Waals surface area contributed by atoms with Crippen molar-refractivity contribution in [2.75, 3.05) is 0 Å². The number of aromatic nitrogens is 2. The maximum absolute atomic E-state index is 12.0. The molecule has 0 radical (unpaired) electrons. The molecule has 104 valence electrons. The molecule has 0 aliphatic heterocycles. The Morgan fingerprint density at radius 2 is 2.20 bits per heavy atom. The summed E-state index contributed by atoms with van der Waals surface area (Å²) in [5.41, 5.74) is 2.39. The summed E-state index contributed by atoms with van der Waals surface area (Å²) < 4.78 is 0. The summed E-state index contributed by atoms with van der Waals surface area (Å²) in [4.78, 5) is 20.4. The largest absolute Gasteiger partial charge is 0.349 e. The van der Waals surface area contributed by atoms with E-state index in [0.717, 1.165) is 11.4 Å². The quantitative estimate of drug-likeness (QED) is 0.941. The minimum atomic E-state index is -0.180. The van der Waals surface area contributed by atoms with Crippen LogP contribution in [0.1, 0.15) is 28.7 Å². The molecule has 1 atom stereocenters. The fourth-order valence-electron chi connectivity index (χ4n) is 1.92. The predicted molar refractivity (Wildman–Crippen MR) is 78.9 cm³/mol. The van der Waals surface area contributed by atoms with Crippen LogP contribution in [0.4, 0.5) is 0 Å². The van der Waals surface area contributed by atoms with Gasteiger partial charge in [-0.3, -0.25) is 14.8 Å². The first-order valence-corrected chi connectivity index (χ1v) is 6.76. The third-order valence-corrected chi connectivity index (χ3v) is 3.01. The number of pyridine rings is 2. The Balaban J connectivity index is 1.97. The number of hydrogen-bond acceptors (Lipinski definition) is 3. The number of aryl methyl sites for hydroxylation is 1. The molecular weight excluding hydrogens is 274 g/mol. The van der Waals surface area contributed by atoms with Gasteiger partial charge >= 0.3 is 0 Å². The van der Waals surface area contributed by atoms with Gasteiger partial charge in [0, 0.05) is 36.2 Å². The summed E-state index contributed by atoms with van der Waals surface area (Å²) in [6.07, 6.45) is 3.68. The highest BCUT2D eigenvalue weighted by Crippen LogP contribution is 2.09. The van der Waals surface area contributed by atoms with Crippen LogP contribution in [-0.2, 0) is 6.42 Å². The van der Waals surface area contributed by atoms with E-state index in [1.165, 1.54) is 12.4 Å². The Morgan fingerprint density at radius 1 is 1.40 bits per heavy atom. The van der Waals surface area contributed by atoms with Crippen molar-refractivity contribution in [2.24, 2.45) is 0 Å². The minimum Gasteiger partial charge on any atom is -0.349 e. The van der Waals surface area contributed by atoms with Crippen molar-refractivity contribution < 1.29 is 4.79 Å². The molecule has 0 spiro atoms. The van der Waals surface area contributed by atoms with Crippen LogP contribution in [0.25, 0.3) is 0 Å². The number of nitrogens with zero attached hydrogens (tertiary/aromatic N) is 2. The predicted octanol–water partition coefficient (Wildman–Crippen LogP) is 2.80. The molecule has 1 unspecified atom stereocenters. The van der Waals surface area contributed by atoms with Gasteiger partial charge in [-0.25, -0.2) is 0 Å². The Hall–Kier alpha value is -1.94. The number of rotatable bonds is 4. The van der Waals surface area contributed by atoms with Gasteiger partial charge in [0.25, 0.3) is 5.91 Å². The molecule has 2 aromatic heterocycles. The number of hydrogen-bond donors (Lipinski definition) is 1. The summed E-state index contributed by atoms with van der Waals surface area (Å²) in [5.74, 6) is -0.180. The van der Waals surface area contributed by atoms with Crippen molar-refractivity contribution in [1.82, 2.24) is 15.3 Å². The average Bonchev–Trinajstić information content (AvgIpc) is 2.38. The summed E-state index contributed by atoms with van der Waals surface area (Å²) in [6, 6.07) is 7.45. The van der Waals surface area contributed by atoms with Crippen molar-refractivity contribution in [3.63, 3.8) is 0 Å². The molecule has 0 aromatic carbocycles. The van der Waals surface area contributed by atoms with E-state index in [9.17, 15) is 4.79 Å². The fraction of sp³-hybridized carbons (Fsp3) is 0.267. The van der Waals surface area contributed by atoms with Gasteiger partial charge in [-0.05, 0) is 32.0 Å². The zero-order chi connectivity index (χ0) is 14.5.